The van der Waals surface area contributed by atoms with Gasteiger partial charge in [0.2, 0.25) is 0 Å². The second-order valence-electron chi connectivity index (χ2n) is 5.46. The van der Waals surface area contributed by atoms with Gasteiger partial charge in [0.25, 0.3) is 0 Å². The lowest BCUT2D eigenvalue weighted by Gasteiger charge is -2.05. The van der Waals surface area contributed by atoms with Gasteiger partial charge in [0.05, 0.1) is 17.6 Å². The van der Waals surface area contributed by atoms with E-state index in [4.69, 9.17) is 9.84 Å². The summed E-state index contributed by atoms with van der Waals surface area (Å²) in [5, 5.41) is 8.97. The van der Waals surface area contributed by atoms with Crippen molar-refractivity contribution >= 4 is 22.6 Å². The molecule has 2 aromatic carbocycles. The fourth-order valence-corrected chi connectivity index (χ4v) is 1.88. The zero-order valence-corrected chi connectivity index (χ0v) is 15.8. The molecule has 0 saturated heterocycles. The molecular formula is C20H23IO2. The summed E-state index contributed by atoms with van der Waals surface area (Å²) >= 11 is 2.14. The Morgan fingerprint density at radius 2 is 1.35 bits per heavy atom. The number of benzene rings is 2. The summed E-state index contributed by atoms with van der Waals surface area (Å²) in [7, 11) is 0. The summed E-state index contributed by atoms with van der Waals surface area (Å²) in [6.07, 6.45) is 0. The molecular weight excluding hydrogens is 399 g/mol. The van der Waals surface area contributed by atoms with Crippen molar-refractivity contribution in [3.8, 4) is 11.8 Å². The second-order valence-corrected chi connectivity index (χ2v) is 6.22. The van der Waals surface area contributed by atoms with Crippen LogP contribution in [-0.4, -0.2) is 15.1 Å². The van der Waals surface area contributed by atoms with E-state index in [9.17, 15) is 0 Å². The first-order chi connectivity index (χ1) is 11.0. The molecule has 0 aliphatic carbocycles. The summed E-state index contributed by atoms with van der Waals surface area (Å²) in [6, 6.07) is 20.4. The zero-order chi connectivity index (χ0) is 17.0. The van der Waals surface area contributed by atoms with Crippen LogP contribution in [0.1, 0.15) is 25.0 Å². The van der Waals surface area contributed by atoms with Crippen LogP contribution in [0, 0.1) is 11.8 Å². The van der Waals surface area contributed by atoms with Gasteiger partial charge in [-0.3, -0.25) is 0 Å². The van der Waals surface area contributed by atoms with Crippen molar-refractivity contribution in [2.24, 2.45) is 0 Å². The first-order valence-electron chi connectivity index (χ1n) is 7.45. The van der Waals surface area contributed by atoms with Gasteiger partial charge in [0.1, 0.15) is 5.60 Å². The maximum Gasteiger partial charge on any atom is 0.119 e. The lowest BCUT2D eigenvalue weighted by molar-refractivity contribution is 0.107. The molecule has 2 nitrogen and oxygen atoms in total. The van der Waals surface area contributed by atoms with E-state index in [-0.39, 0.29) is 0 Å². The van der Waals surface area contributed by atoms with Crippen LogP contribution in [0.3, 0.4) is 0 Å². The summed E-state index contributed by atoms with van der Waals surface area (Å²) < 4.78 is 6.39. The van der Waals surface area contributed by atoms with Crippen LogP contribution in [0.5, 0.6) is 0 Å². The van der Waals surface area contributed by atoms with E-state index >= 15 is 0 Å². The Balaban J connectivity index is 0.000000284. The van der Waals surface area contributed by atoms with Crippen LogP contribution >= 0.6 is 22.6 Å². The highest BCUT2D eigenvalue weighted by Gasteiger charge is 2.04. The third kappa shape index (κ3) is 10.9. The largest absolute Gasteiger partial charge is 0.378 e. The lowest BCUT2D eigenvalue weighted by atomic mass is 10.1. The standard InChI is InChI=1S/C14H14O.C6H9IO/c1-3-7-13(8-4-1)11-15-12-14-9-5-2-6-10-14;1-6(2,8)4-3-5-7/h1-10H,11-12H2;8H,5H2,1-2H3. The van der Waals surface area contributed by atoms with E-state index < -0.39 is 5.60 Å². The zero-order valence-electron chi connectivity index (χ0n) is 13.6. The monoisotopic (exact) mass is 422 g/mol. The maximum atomic E-state index is 8.97. The summed E-state index contributed by atoms with van der Waals surface area (Å²) in [5.41, 5.74) is 1.62. The van der Waals surface area contributed by atoms with Crippen molar-refractivity contribution in [1.82, 2.24) is 0 Å². The van der Waals surface area contributed by atoms with Crippen LogP contribution < -0.4 is 0 Å². The molecule has 0 spiro atoms. The number of halogens is 1. The number of alkyl halides is 1. The molecule has 1 N–H and O–H groups in total. The molecule has 2 rings (SSSR count). The first-order valence-corrected chi connectivity index (χ1v) is 8.98. The lowest BCUT2D eigenvalue weighted by Crippen LogP contribution is -2.14. The molecule has 0 radical (unpaired) electrons. The van der Waals surface area contributed by atoms with E-state index in [1.54, 1.807) is 13.8 Å². The summed E-state index contributed by atoms with van der Waals surface area (Å²) in [5.74, 6) is 5.44. The molecule has 0 bridgehead atoms. The molecule has 0 aliphatic rings. The van der Waals surface area contributed by atoms with E-state index in [0.717, 1.165) is 4.43 Å². The SMILES string of the molecule is CC(C)(O)C#CCI.c1ccc(COCc2ccccc2)cc1. The molecule has 122 valence electrons. The fraction of sp³-hybridized carbons (Fsp3) is 0.300. The molecule has 0 aliphatic heterocycles. The van der Waals surface area contributed by atoms with Crippen molar-refractivity contribution in [3.05, 3.63) is 71.8 Å². The van der Waals surface area contributed by atoms with E-state index in [1.807, 2.05) is 36.4 Å². The first kappa shape index (κ1) is 19.7. The highest BCUT2D eigenvalue weighted by Crippen LogP contribution is 2.05. The maximum absolute atomic E-state index is 8.97. The minimum atomic E-state index is -0.814. The van der Waals surface area contributed by atoms with Gasteiger partial charge in [-0.25, -0.2) is 0 Å². The van der Waals surface area contributed by atoms with Gasteiger partial charge in [0, 0.05) is 0 Å². The smallest absolute Gasteiger partial charge is 0.119 e. The quantitative estimate of drug-likeness (QED) is 0.444. The molecule has 0 heterocycles. The van der Waals surface area contributed by atoms with Gasteiger partial charge in [-0.2, -0.15) is 0 Å². The predicted molar refractivity (Wildman–Crippen MR) is 104 cm³/mol. The average molecular weight is 422 g/mol. The van der Waals surface area contributed by atoms with Crippen molar-refractivity contribution < 1.29 is 9.84 Å². The average Bonchev–Trinajstić information content (AvgIpc) is 2.55. The third-order valence-corrected chi connectivity index (χ3v) is 3.07. The van der Waals surface area contributed by atoms with Crippen molar-refractivity contribution in [3.63, 3.8) is 0 Å². The Kier molecular flexibility index (Phi) is 9.61. The minimum Gasteiger partial charge on any atom is -0.378 e. The molecule has 0 atom stereocenters. The fourth-order valence-electron chi connectivity index (χ4n) is 1.68. The normalized spacial score (nSPS) is 10.1. The number of aliphatic hydroxyl groups is 1. The Labute approximate surface area is 153 Å². The Bertz CT molecular complexity index is 553. The van der Waals surface area contributed by atoms with Crippen LogP contribution in [0.4, 0.5) is 0 Å². The topological polar surface area (TPSA) is 29.5 Å². The highest BCUT2D eigenvalue weighted by atomic mass is 127. The molecule has 0 amide bonds. The van der Waals surface area contributed by atoms with Crippen LogP contribution in [0.15, 0.2) is 60.7 Å². The molecule has 2 aromatic rings. The predicted octanol–water partition coefficient (Wildman–Crippen LogP) is 4.60. The van der Waals surface area contributed by atoms with Crippen LogP contribution in [0.25, 0.3) is 0 Å². The third-order valence-electron chi connectivity index (χ3n) is 2.68. The van der Waals surface area contributed by atoms with Gasteiger partial charge >= 0.3 is 0 Å². The molecule has 3 heteroatoms. The molecule has 0 aromatic heterocycles. The highest BCUT2D eigenvalue weighted by molar-refractivity contribution is 14.1. The minimum absolute atomic E-state index is 0.676. The van der Waals surface area contributed by atoms with Gasteiger partial charge in [0.15, 0.2) is 0 Å². The summed E-state index contributed by atoms with van der Waals surface area (Å²) in [6.45, 7) is 4.70. The van der Waals surface area contributed by atoms with Crippen LogP contribution in [0.2, 0.25) is 0 Å². The van der Waals surface area contributed by atoms with Crippen molar-refractivity contribution in [2.75, 3.05) is 4.43 Å². The van der Waals surface area contributed by atoms with E-state index in [1.165, 1.54) is 11.1 Å². The van der Waals surface area contributed by atoms with E-state index in [0.29, 0.717) is 13.2 Å². The van der Waals surface area contributed by atoms with Crippen molar-refractivity contribution in [1.29, 1.82) is 0 Å². The summed E-state index contributed by atoms with van der Waals surface area (Å²) in [4.78, 5) is 0. The van der Waals surface area contributed by atoms with Gasteiger partial charge < -0.3 is 9.84 Å². The number of hydrogen-bond donors (Lipinski definition) is 1. The Morgan fingerprint density at radius 3 is 1.65 bits per heavy atom. The number of rotatable bonds is 4. The van der Waals surface area contributed by atoms with Crippen LogP contribution in [-0.2, 0) is 18.0 Å². The van der Waals surface area contributed by atoms with Crippen molar-refractivity contribution in [2.45, 2.75) is 32.7 Å². The Hall–Kier alpha value is -1.35. The van der Waals surface area contributed by atoms with Gasteiger partial charge in [-0.1, -0.05) is 95.1 Å². The molecule has 23 heavy (non-hydrogen) atoms. The molecule has 0 fully saturated rings. The number of hydrogen-bond acceptors (Lipinski definition) is 2. The number of ether oxygens (including phenoxy) is 1. The molecule has 0 saturated carbocycles. The van der Waals surface area contributed by atoms with E-state index in [2.05, 4.69) is 58.7 Å². The molecule has 0 unspecified atom stereocenters. The van der Waals surface area contributed by atoms with Gasteiger partial charge in [-0.15, -0.1) is 0 Å². The van der Waals surface area contributed by atoms with Gasteiger partial charge in [-0.05, 0) is 25.0 Å². The second kappa shape index (κ2) is 11.2. The Morgan fingerprint density at radius 1 is 0.913 bits per heavy atom.